The molecule has 0 spiro atoms. The predicted molar refractivity (Wildman–Crippen MR) is 107 cm³/mol. The molecular formula is C19H28F2N4O4S. The first kappa shape index (κ1) is 22.8. The zero-order valence-electron chi connectivity index (χ0n) is 17.2. The fourth-order valence-corrected chi connectivity index (χ4v) is 5.47. The van der Waals surface area contributed by atoms with E-state index in [1.54, 1.807) is 19.9 Å². The van der Waals surface area contributed by atoms with Crippen LogP contribution in [0.15, 0.2) is 17.0 Å². The van der Waals surface area contributed by atoms with Crippen LogP contribution >= 0.6 is 0 Å². The smallest absolute Gasteiger partial charge is 0.345 e. The van der Waals surface area contributed by atoms with Gasteiger partial charge in [-0.1, -0.05) is 0 Å². The quantitative estimate of drug-likeness (QED) is 0.690. The molecule has 0 aromatic carbocycles. The van der Waals surface area contributed by atoms with Crippen molar-refractivity contribution in [3.8, 4) is 0 Å². The summed E-state index contributed by atoms with van der Waals surface area (Å²) in [5.41, 5.74) is 0.670. The van der Waals surface area contributed by atoms with Gasteiger partial charge in [-0.2, -0.15) is 13.1 Å². The van der Waals surface area contributed by atoms with Gasteiger partial charge in [-0.25, -0.2) is 13.4 Å². The summed E-state index contributed by atoms with van der Waals surface area (Å²) in [6, 6.07) is 3.12. The Morgan fingerprint density at radius 3 is 2.60 bits per heavy atom. The second-order valence-corrected chi connectivity index (χ2v) is 9.71. The third-order valence-electron chi connectivity index (χ3n) is 5.64. The minimum absolute atomic E-state index is 0.0342. The summed E-state index contributed by atoms with van der Waals surface area (Å²) in [5.74, 6) is 0.631. The van der Waals surface area contributed by atoms with Crippen LogP contribution in [0.5, 0.6) is 0 Å². The molecule has 0 radical (unpaired) electrons. The van der Waals surface area contributed by atoms with Crippen molar-refractivity contribution in [1.29, 1.82) is 0 Å². The van der Waals surface area contributed by atoms with Crippen LogP contribution in [0.25, 0.3) is 0 Å². The van der Waals surface area contributed by atoms with Gasteiger partial charge in [-0.15, -0.1) is 0 Å². The van der Waals surface area contributed by atoms with Crippen molar-refractivity contribution in [2.75, 3.05) is 38.0 Å². The molecule has 1 aromatic heterocycles. The molecule has 11 heteroatoms. The summed E-state index contributed by atoms with van der Waals surface area (Å²) in [4.78, 5) is 17.7. The maximum Gasteiger partial charge on any atom is 0.345 e. The largest absolute Gasteiger partial charge is 0.369 e. The van der Waals surface area contributed by atoms with Gasteiger partial charge in [-0.3, -0.25) is 4.79 Å². The van der Waals surface area contributed by atoms with Crippen molar-refractivity contribution < 1.29 is 26.7 Å². The molecule has 2 aliphatic rings. The number of sulfonamides is 1. The molecule has 1 amide bonds. The van der Waals surface area contributed by atoms with E-state index < -0.39 is 22.7 Å². The van der Waals surface area contributed by atoms with Gasteiger partial charge in [0.15, 0.2) is 0 Å². The molecule has 0 aliphatic carbocycles. The number of pyridine rings is 1. The number of amides is 1. The Morgan fingerprint density at radius 1 is 1.27 bits per heavy atom. The van der Waals surface area contributed by atoms with E-state index in [4.69, 9.17) is 0 Å². The number of aryl methyl sites for hydroxylation is 1. The SMILES string of the molecule is CC(=O)N1CCC(CNc2nc(C)ccc2S(=O)(=O)N2CC[C@H](OC(F)F)C2)CC1. The highest BCUT2D eigenvalue weighted by molar-refractivity contribution is 7.89. The Hall–Kier alpha value is -1.85. The summed E-state index contributed by atoms with van der Waals surface area (Å²) >= 11 is 0. The molecule has 3 heterocycles. The Morgan fingerprint density at radius 2 is 1.97 bits per heavy atom. The van der Waals surface area contributed by atoms with Crippen LogP contribution in [-0.2, 0) is 19.6 Å². The third kappa shape index (κ3) is 5.44. The van der Waals surface area contributed by atoms with E-state index in [2.05, 4.69) is 15.0 Å². The number of anilines is 1. The summed E-state index contributed by atoms with van der Waals surface area (Å²) in [6.45, 7) is 2.34. The maximum absolute atomic E-state index is 13.1. The van der Waals surface area contributed by atoms with Crippen molar-refractivity contribution in [2.45, 2.75) is 50.7 Å². The lowest BCUT2D eigenvalue weighted by Crippen LogP contribution is -2.38. The molecular weight excluding hydrogens is 418 g/mol. The third-order valence-corrected chi connectivity index (χ3v) is 7.53. The number of piperidine rings is 1. The number of hydrogen-bond donors (Lipinski definition) is 1. The lowest BCUT2D eigenvalue weighted by molar-refractivity contribution is -0.157. The van der Waals surface area contributed by atoms with Gasteiger partial charge < -0.3 is 15.0 Å². The van der Waals surface area contributed by atoms with E-state index in [0.29, 0.717) is 31.2 Å². The van der Waals surface area contributed by atoms with Crippen molar-refractivity contribution in [3.05, 3.63) is 17.8 Å². The minimum Gasteiger partial charge on any atom is -0.369 e. The fourth-order valence-electron chi connectivity index (χ4n) is 3.88. The molecule has 1 N–H and O–H groups in total. The zero-order chi connectivity index (χ0) is 21.9. The lowest BCUT2D eigenvalue weighted by atomic mass is 9.97. The van der Waals surface area contributed by atoms with Crippen LogP contribution in [-0.4, -0.2) is 74.0 Å². The average molecular weight is 447 g/mol. The van der Waals surface area contributed by atoms with E-state index >= 15 is 0 Å². The average Bonchev–Trinajstić information content (AvgIpc) is 3.15. The van der Waals surface area contributed by atoms with Crippen molar-refractivity contribution in [1.82, 2.24) is 14.2 Å². The van der Waals surface area contributed by atoms with Crippen LogP contribution in [0.4, 0.5) is 14.6 Å². The standard InChI is InChI=1S/C19H28F2N4O4S/c1-13-3-4-17(30(27,28)25-10-7-16(12-25)29-19(20)21)18(23-13)22-11-15-5-8-24(9-6-15)14(2)26/h3-4,15-16,19H,5-12H2,1-2H3,(H,22,23)/t16-/m0/s1. The second-order valence-electron chi connectivity index (χ2n) is 7.80. The molecule has 30 heavy (non-hydrogen) atoms. The minimum atomic E-state index is -3.90. The number of nitrogens with zero attached hydrogens (tertiary/aromatic N) is 3. The monoisotopic (exact) mass is 446 g/mol. The number of aromatic nitrogens is 1. The number of carbonyl (C=O) groups excluding carboxylic acids is 1. The molecule has 0 saturated carbocycles. The zero-order valence-corrected chi connectivity index (χ0v) is 18.0. The first-order chi connectivity index (χ1) is 14.2. The molecule has 0 bridgehead atoms. The van der Waals surface area contributed by atoms with Gasteiger partial charge in [0.25, 0.3) is 0 Å². The van der Waals surface area contributed by atoms with Crippen LogP contribution in [0.3, 0.4) is 0 Å². The van der Waals surface area contributed by atoms with Crippen molar-refractivity contribution >= 4 is 21.7 Å². The molecule has 1 atom stereocenters. The Labute approximate surface area is 175 Å². The summed E-state index contributed by atoms with van der Waals surface area (Å²) in [6.07, 6.45) is 1.07. The number of likely N-dealkylation sites (tertiary alicyclic amines) is 1. The first-order valence-electron chi connectivity index (χ1n) is 10.1. The Kier molecular flexibility index (Phi) is 7.25. The summed E-state index contributed by atoms with van der Waals surface area (Å²) in [7, 11) is -3.90. The highest BCUT2D eigenvalue weighted by Crippen LogP contribution is 2.28. The predicted octanol–water partition coefficient (Wildman–Crippen LogP) is 2.06. The molecule has 2 fully saturated rings. The normalized spacial score (nSPS) is 21.4. The second kappa shape index (κ2) is 9.52. The van der Waals surface area contributed by atoms with Gasteiger partial charge in [0.1, 0.15) is 10.7 Å². The molecule has 3 rings (SSSR count). The van der Waals surface area contributed by atoms with Gasteiger partial charge >= 0.3 is 6.61 Å². The van der Waals surface area contributed by atoms with E-state index in [1.165, 1.54) is 10.4 Å². The maximum atomic E-state index is 13.1. The van der Waals surface area contributed by atoms with Gasteiger partial charge in [0.2, 0.25) is 15.9 Å². The van der Waals surface area contributed by atoms with Crippen LogP contribution in [0.2, 0.25) is 0 Å². The van der Waals surface area contributed by atoms with Crippen molar-refractivity contribution in [2.24, 2.45) is 5.92 Å². The number of halogens is 2. The highest BCUT2D eigenvalue weighted by atomic mass is 32.2. The highest BCUT2D eigenvalue weighted by Gasteiger charge is 2.36. The number of nitrogens with one attached hydrogen (secondary N) is 1. The molecule has 2 saturated heterocycles. The van der Waals surface area contributed by atoms with Gasteiger partial charge in [0, 0.05) is 45.3 Å². The topological polar surface area (TPSA) is 91.8 Å². The van der Waals surface area contributed by atoms with Gasteiger partial charge in [-0.05, 0) is 44.2 Å². The molecule has 168 valence electrons. The van der Waals surface area contributed by atoms with Gasteiger partial charge in [0.05, 0.1) is 6.10 Å². The van der Waals surface area contributed by atoms with E-state index in [9.17, 15) is 22.0 Å². The number of carbonyl (C=O) groups is 1. The van der Waals surface area contributed by atoms with E-state index in [1.807, 2.05) is 4.90 Å². The number of rotatable bonds is 7. The Bertz CT molecular complexity index is 860. The van der Waals surface area contributed by atoms with Crippen LogP contribution in [0, 0.1) is 12.8 Å². The van der Waals surface area contributed by atoms with Crippen molar-refractivity contribution in [3.63, 3.8) is 0 Å². The summed E-state index contributed by atoms with van der Waals surface area (Å²) < 4.78 is 56.8. The Balaban J connectivity index is 1.68. The van der Waals surface area contributed by atoms with E-state index in [-0.39, 0.29) is 36.1 Å². The molecule has 1 aromatic rings. The number of ether oxygens (including phenoxy) is 1. The first-order valence-corrected chi connectivity index (χ1v) is 11.5. The molecule has 8 nitrogen and oxygen atoms in total. The van der Waals surface area contributed by atoms with E-state index in [0.717, 1.165) is 12.8 Å². The van der Waals surface area contributed by atoms with Crippen LogP contribution in [0.1, 0.15) is 31.9 Å². The molecule has 2 aliphatic heterocycles. The fraction of sp³-hybridized carbons (Fsp3) is 0.684. The number of hydrogen-bond acceptors (Lipinski definition) is 6. The lowest BCUT2D eigenvalue weighted by Gasteiger charge is -2.31. The van der Waals surface area contributed by atoms with Crippen LogP contribution < -0.4 is 5.32 Å². The molecule has 0 unspecified atom stereocenters. The number of alkyl halides is 2. The summed E-state index contributed by atoms with van der Waals surface area (Å²) in [5, 5.41) is 3.17.